The first-order valence-electron chi connectivity index (χ1n) is 7.60. The smallest absolute Gasteiger partial charge is 0.344 e. The van der Waals surface area contributed by atoms with Crippen LogP contribution in [0.25, 0.3) is 0 Å². The van der Waals surface area contributed by atoms with Gasteiger partial charge in [-0.25, -0.2) is 10.2 Å². The normalized spacial score (nSPS) is 11.8. The average Bonchev–Trinajstić information content (AvgIpc) is 2.63. The van der Waals surface area contributed by atoms with Crippen LogP contribution in [0, 0.1) is 0 Å². The molecule has 0 spiro atoms. The molecule has 26 heavy (non-hydrogen) atoms. The van der Waals surface area contributed by atoms with Crippen LogP contribution in [-0.2, 0) is 4.79 Å². The number of hydrogen-bond donors (Lipinski definition) is 3. The van der Waals surface area contributed by atoms with E-state index in [0.717, 1.165) is 0 Å². The molecule has 3 N–H and O–H groups in total. The summed E-state index contributed by atoms with van der Waals surface area (Å²) in [6, 6.07) is 10.5. The lowest BCUT2D eigenvalue weighted by atomic mass is 10.2. The van der Waals surface area contributed by atoms with Crippen molar-refractivity contribution in [2.24, 2.45) is 5.10 Å². The second kappa shape index (κ2) is 8.52. The first-order valence-corrected chi connectivity index (χ1v) is 7.60. The number of phenolic OH excluding ortho intramolecular Hbond substituents is 1. The number of carboxylic acids is 1. The predicted molar refractivity (Wildman–Crippen MR) is 93.9 cm³/mol. The Bertz CT molecular complexity index is 817. The van der Waals surface area contributed by atoms with Gasteiger partial charge in [-0.3, -0.25) is 4.79 Å². The van der Waals surface area contributed by atoms with Gasteiger partial charge in [0.05, 0.1) is 13.3 Å². The first kappa shape index (κ1) is 18.8. The van der Waals surface area contributed by atoms with Crippen molar-refractivity contribution in [2.75, 3.05) is 7.11 Å². The highest BCUT2D eigenvalue weighted by Crippen LogP contribution is 2.28. The van der Waals surface area contributed by atoms with Crippen LogP contribution in [0.4, 0.5) is 0 Å². The van der Waals surface area contributed by atoms with Gasteiger partial charge in [0.25, 0.3) is 5.91 Å². The van der Waals surface area contributed by atoms with Crippen molar-refractivity contribution in [1.82, 2.24) is 5.43 Å². The monoisotopic (exact) mass is 358 g/mol. The molecule has 2 aromatic carbocycles. The first-order chi connectivity index (χ1) is 12.4. The third-order valence-electron chi connectivity index (χ3n) is 3.35. The standard InChI is InChI=1S/C18H18N2O6/c1-11(18(23)24)26-15-8-3-12(9-16(15)25-2)10-19-20-17(22)13-4-6-14(21)7-5-13/h3-11,21H,1-2H3,(H,20,22)(H,23,24)/b19-10-/t11-/m1/s1. The zero-order valence-corrected chi connectivity index (χ0v) is 14.2. The van der Waals surface area contributed by atoms with Crippen LogP contribution < -0.4 is 14.9 Å². The molecule has 1 amide bonds. The number of rotatable bonds is 7. The molecule has 1 atom stereocenters. The summed E-state index contributed by atoms with van der Waals surface area (Å²) in [5, 5.41) is 22.0. The molecule has 8 heteroatoms. The van der Waals surface area contributed by atoms with Gasteiger partial charge in [0.1, 0.15) is 5.75 Å². The van der Waals surface area contributed by atoms with Crippen LogP contribution in [0.1, 0.15) is 22.8 Å². The fourth-order valence-corrected chi connectivity index (χ4v) is 1.95. The number of nitrogens with one attached hydrogen (secondary N) is 1. The van der Waals surface area contributed by atoms with Crippen molar-refractivity contribution < 1.29 is 29.3 Å². The van der Waals surface area contributed by atoms with Crippen molar-refractivity contribution >= 4 is 18.1 Å². The number of benzene rings is 2. The highest BCUT2D eigenvalue weighted by Gasteiger charge is 2.15. The minimum Gasteiger partial charge on any atom is -0.508 e. The summed E-state index contributed by atoms with van der Waals surface area (Å²) in [7, 11) is 1.43. The number of methoxy groups -OCH3 is 1. The van der Waals surface area contributed by atoms with Crippen molar-refractivity contribution in [3.05, 3.63) is 53.6 Å². The molecule has 0 radical (unpaired) electrons. The zero-order chi connectivity index (χ0) is 19.1. The van der Waals surface area contributed by atoms with Crippen LogP contribution in [0.2, 0.25) is 0 Å². The van der Waals surface area contributed by atoms with Gasteiger partial charge in [0.15, 0.2) is 17.6 Å². The van der Waals surface area contributed by atoms with E-state index >= 15 is 0 Å². The molecule has 0 aliphatic rings. The van der Waals surface area contributed by atoms with E-state index in [2.05, 4.69) is 10.5 Å². The van der Waals surface area contributed by atoms with Crippen molar-refractivity contribution in [3.63, 3.8) is 0 Å². The summed E-state index contributed by atoms with van der Waals surface area (Å²) in [5.41, 5.74) is 3.33. The SMILES string of the molecule is COc1cc(/C=N\NC(=O)c2ccc(O)cc2)ccc1O[C@H](C)C(=O)O. The molecule has 0 saturated heterocycles. The fraction of sp³-hybridized carbons (Fsp3) is 0.167. The Labute approximate surface area is 149 Å². The fourth-order valence-electron chi connectivity index (χ4n) is 1.95. The molecule has 8 nitrogen and oxygen atoms in total. The number of phenols is 1. The minimum absolute atomic E-state index is 0.0664. The summed E-state index contributed by atoms with van der Waals surface area (Å²) in [6.45, 7) is 1.41. The molecule has 0 bridgehead atoms. The van der Waals surface area contributed by atoms with Crippen LogP contribution in [0.5, 0.6) is 17.2 Å². The van der Waals surface area contributed by atoms with Gasteiger partial charge >= 0.3 is 5.97 Å². The Morgan fingerprint density at radius 2 is 1.85 bits per heavy atom. The number of amides is 1. The number of nitrogens with zero attached hydrogens (tertiary/aromatic N) is 1. The minimum atomic E-state index is -1.09. The number of hydrogen-bond acceptors (Lipinski definition) is 6. The molecule has 0 saturated carbocycles. The molecule has 0 fully saturated rings. The van der Waals surface area contributed by atoms with E-state index < -0.39 is 18.0 Å². The summed E-state index contributed by atoms with van der Waals surface area (Å²) in [6.07, 6.45) is 0.388. The highest BCUT2D eigenvalue weighted by molar-refractivity contribution is 5.95. The quantitative estimate of drug-likeness (QED) is 0.515. The molecular weight excluding hydrogens is 340 g/mol. The van der Waals surface area contributed by atoms with Crippen LogP contribution >= 0.6 is 0 Å². The van der Waals surface area contributed by atoms with Gasteiger partial charge in [-0.05, 0) is 55.0 Å². The van der Waals surface area contributed by atoms with Gasteiger partial charge in [0, 0.05) is 5.56 Å². The third kappa shape index (κ3) is 4.97. The summed E-state index contributed by atoms with van der Waals surface area (Å²) >= 11 is 0. The molecule has 0 aliphatic heterocycles. The molecule has 0 unspecified atom stereocenters. The van der Waals surface area contributed by atoms with E-state index in [1.54, 1.807) is 18.2 Å². The Hall–Kier alpha value is -3.55. The van der Waals surface area contributed by atoms with E-state index in [1.165, 1.54) is 44.5 Å². The van der Waals surface area contributed by atoms with E-state index in [-0.39, 0.29) is 11.5 Å². The van der Waals surface area contributed by atoms with Crippen LogP contribution in [-0.4, -0.2) is 41.5 Å². The Kier molecular flexibility index (Phi) is 6.15. The molecule has 0 aliphatic carbocycles. The van der Waals surface area contributed by atoms with Gasteiger partial charge in [0.2, 0.25) is 0 Å². The van der Waals surface area contributed by atoms with Crippen LogP contribution in [0.3, 0.4) is 0 Å². The van der Waals surface area contributed by atoms with E-state index in [1.807, 2.05) is 0 Å². The van der Waals surface area contributed by atoms with Crippen LogP contribution in [0.15, 0.2) is 47.6 Å². The Balaban J connectivity index is 2.04. The number of aromatic hydroxyl groups is 1. The highest BCUT2D eigenvalue weighted by atomic mass is 16.5. The Morgan fingerprint density at radius 1 is 1.15 bits per heavy atom. The molecule has 2 rings (SSSR count). The summed E-state index contributed by atoms with van der Waals surface area (Å²) in [4.78, 5) is 22.8. The number of aliphatic carboxylic acids is 1. The molecule has 0 aromatic heterocycles. The maximum atomic E-state index is 11.9. The van der Waals surface area contributed by atoms with Gasteiger partial charge in [-0.15, -0.1) is 0 Å². The third-order valence-corrected chi connectivity index (χ3v) is 3.35. The maximum Gasteiger partial charge on any atom is 0.344 e. The largest absolute Gasteiger partial charge is 0.508 e. The lowest BCUT2D eigenvalue weighted by Gasteiger charge is -2.13. The lowest BCUT2D eigenvalue weighted by molar-refractivity contribution is -0.144. The second-order valence-corrected chi connectivity index (χ2v) is 5.25. The molecular formula is C18H18N2O6. The number of ether oxygens (including phenoxy) is 2. The summed E-state index contributed by atoms with van der Waals surface area (Å²) in [5.74, 6) is -0.825. The second-order valence-electron chi connectivity index (χ2n) is 5.25. The molecule has 0 heterocycles. The van der Waals surface area contributed by atoms with Gasteiger partial charge in [-0.2, -0.15) is 5.10 Å². The lowest BCUT2D eigenvalue weighted by Crippen LogP contribution is -2.23. The molecule has 2 aromatic rings. The number of hydrazone groups is 1. The van der Waals surface area contributed by atoms with Gasteiger partial charge < -0.3 is 19.7 Å². The van der Waals surface area contributed by atoms with E-state index in [9.17, 15) is 14.7 Å². The van der Waals surface area contributed by atoms with Gasteiger partial charge in [-0.1, -0.05) is 0 Å². The van der Waals surface area contributed by atoms with Crippen molar-refractivity contribution in [1.29, 1.82) is 0 Å². The summed E-state index contributed by atoms with van der Waals surface area (Å²) < 4.78 is 10.5. The predicted octanol–water partition coefficient (Wildman–Crippen LogP) is 2.02. The molecule has 136 valence electrons. The number of carbonyl (C=O) groups excluding carboxylic acids is 1. The Morgan fingerprint density at radius 3 is 2.46 bits per heavy atom. The zero-order valence-electron chi connectivity index (χ0n) is 14.2. The topological polar surface area (TPSA) is 117 Å². The van der Waals surface area contributed by atoms with E-state index in [0.29, 0.717) is 16.9 Å². The number of carbonyl (C=O) groups is 2. The van der Waals surface area contributed by atoms with E-state index in [4.69, 9.17) is 14.6 Å². The average molecular weight is 358 g/mol. The maximum absolute atomic E-state index is 11.9. The van der Waals surface area contributed by atoms with Crippen molar-refractivity contribution in [2.45, 2.75) is 13.0 Å². The van der Waals surface area contributed by atoms with Crippen molar-refractivity contribution in [3.8, 4) is 17.2 Å². The number of carboxylic acid groups (broad SMARTS) is 1.